The second kappa shape index (κ2) is 32.2. The summed E-state index contributed by atoms with van der Waals surface area (Å²) in [7, 11) is 0. The van der Waals surface area contributed by atoms with Gasteiger partial charge < -0.3 is 47.4 Å². The fraction of sp³-hybridized carbons (Fsp3) is 0.917. The lowest BCUT2D eigenvalue weighted by Gasteiger charge is -2.09. The van der Waals surface area contributed by atoms with Crippen LogP contribution in [0.1, 0.15) is 19.8 Å². The Kier molecular flexibility index (Phi) is 31.4. The predicted molar refractivity (Wildman–Crippen MR) is 128 cm³/mol. The van der Waals surface area contributed by atoms with Gasteiger partial charge in [-0.1, -0.05) is 19.9 Å². The van der Waals surface area contributed by atoms with Crippen LogP contribution in [0.4, 0.5) is 0 Å². The minimum Gasteiger partial charge on any atom is -0.499 e. The highest BCUT2D eigenvalue weighted by molar-refractivity contribution is 4.47. The summed E-state index contributed by atoms with van der Waals surface area (Å²) in [6.07, 6.45) is 3.65. The first-order valence-corrected chi connectivity index (χ1v) is 12.3. The van der Waals surface area contributed by atoms with E-state index in [-0.39, 0.29) is 0 Å². The first-order chi connectivity index (χ1) is 16.9. The van der Waals surface area contributed by atoms with Gasteiger partial charge in [0.05, 0.1) is 119 Å². The average Bonchev–Trinajstić information content (AvgIpc) is 2.85. The fourth-order valence-corrected chi connectivity index (χ4v) is 2.30. The van der Waals surface area contributed by atoms with Gasteiger partial charge in [0, 0.05) is 6.61 Å². The molecule has 0 unspecified atom stereocenters. The first kappa shape index (κ1) is 33.2. The van der Waals surface area contributed by atoms with Gasteiger partial charge in [0.25, 0.3) is 0 Å². The van der Waals surface area contributed by atoms with Crippen LogP contribution in [0, 0.1) is 0 Å². The minimum absolute atomic E-state index is 0.508. The van der Waals surface area contributed by atoms with Crippen molar-refractivity contribution in [3.8, 4) is 0 Å². The monoisotopic (exact) mass is 496 g/mol. The van der Waals surface area contributed by atoms with E-state index in [2.05, 4.69) is 13.5 Å². The van der Waals surface area contributed by atoms with Crippen LogP contribution in [0.25, 0.3) is 0 Å². The Morgan fingerprint density at radius 2 is 0.618 bits per heavy atom. The maximum absolute atomic E-state index is 5.45. The molecule has 0 aliphatic heterocycles. The molecule has 0 radical (unpaired) electrons. The highest BCUT2D eigenvalue weighted by Crippen LogP contribution is 1.89. The Morgan fingerprint density at radius 3 is 0.853 bits per heavy atom. The molecule has 0 heterocycles. The van der Waals surface area contributed by atoms with Gasteiger partial charge in [0.15, 0.2) is 0 Å². The van der Waals surface area contributed by atoms with Crippen LogP contribution in [0.15, 0.2) is 12.8 Å². The Morgan fingerprint density at radius 1 is 0.382 bits per heavy atom. The Hall–Kier alpha value is -0.820. The molecule has 10 nitrogen and oxygen atoms in total. The predicted octanol–water partition coefficient (Wildman–Crippen LogP) is 2.10. The quantitative estimate of drug-likeness (QED) is 0.105. The maximum Gasteiger partial charge on any atom is 0.111 e. The molecule has 10 heteroatoms. The van der Waals surface area contributed by atoms with Crippen molar-refractivity contribution in [1.82, 2.24) is 0 Å². The molecular weight excluding hydrogens is 448 g/mol. The summed E-state index contributed by atoms with van der Waals surface area (Å²) in [6.45, 7) is 16.2. The van der Waals surface area contributed by atoms with Crippen molar-refractivity contribution in [3.63, 3.8) is 0 Å². The van der Waals surface area contributed by atoms with Crippen LogP contribution < -0.4 is 0 Å². The lowest BCUT2D eigenvalue weighted by atomic mass is 10.4. The number of unbranched alkanes of at least 4 members (excludes halogenated alkanes) is 1. The zero-order chi connectivity index (χ0) is 24.6. The van der Waals surface area contributed by atoms with Crippen molar-refractivity contribution >= 4 is 0 Å². The van der Waals surface area contributed by atoms with Crippen LogP contribution >= 0.6 is 0 Å². The van der Waals surface area contributed by atoms with E-state index in [0.717, 1.165) is 19.4 Å². The van der Waals surface area contributed by atoms with E-state index < -0.39 is 0 Å². The van der Waals surface area contributed by atoms with Crippen LogP contribution in [0.2, 0.25) is 0 Å². The molecule has 34 heavy (non-hydrogen) atoms. The van der Waals surface area contributed by atoms with Gasteiger partial charge in [-0.2, -0.15) is 0 Å². The molecule has 0 rings (SSSR count). The number of rotatable bonds is 31. The Balaban J connectivity index is 3.00. The van der Waals surface area contributed by atoms with Crippen molar-refractivity contribution < 1.29 is 47.4 Å². The minimum atomic E-state index is 0.508. The summed E-state index contributed by atoms with van der Waals surface area (Å²) in [5.74, 6) is 0. The SMILES string of the molecule is C=COCCOCCOCCOCCOCCOCCOCCOCCOCCOCCCC. The van der Waals surface area contributed by atoms with Gasteiger partial charge in [0.1, 0.15) is 6.61 Å². The molecule has 0 bridgehead atoms. The Labute approximate surface area is 206 Å². The molecule has 0 aliphatic rings. The van der Waals surface area contributed by atoms with E-state index in [4.69, 9.17) is 47.4 Å². The number of hydrogen-bond acceptors (Lipinski definition) is 10. The fourth-order valence-electron chi connectivity index (χ4n) is 2.30. The van der Waals surface area contributed by atoms with E-state index in [1.807, 2.05) is 0 Å². The zero-order valence-electron chi connectivity index (χ0n) is 21.2. The van der Waals surface area contributed by atoms with Crippen molar-refractivity contribution in [2.45, 2.75) is 19.8 Å². The van der Waals surface area contributed by atoms with E-state index in [0.29, 0.717) is 119 Å². The van der Waals surface area contributed by atoms with E-state index in [1.165, 1.54) is 6.26 Å². The van der Waals surface area contributed by atoms with Crippen LogP contribution in [0.3, 0.4) is 0 Å². The third-order valence-electron chi connectivity index (χ3n) is 4.08. The van der Waals surface area contributed by atoms with Crippen molar-refractivity contribution in [1.29, 1.82) is 0 Å². The zero-order valence-corrected chi connectivity index (χ0v) is 21.2. The molecule has 0 spiro atoms. The van der Waals surface area contributed by atoms with Crippen LogP contribution in [0.5, 0.6) is 0 Å². The molecule has 0 aromatic heterocycles. The molecule has 0 amide bonds. The summed E-state index contributed by atoms with van der Waals surface area (Å²) >= 11 is 0. The highest BCUT2D eigenvalue weighted by atomic mass is 16.6. The van der Waals surface area contributed by atoms with Gasteiger partial charge >= 0.3 is 0 Å². The topological polar surface area (TPSA) is 92.3 Å². The van der Waals surface area contributed by atoms with Crippen LogP contribution in [-0.2, 0) is 47.4 Å². The second-order valence-corrected chi connectivity index (χ2v) is 6.90. The third-order valence-corrected chi connectivity index (χ3v) is 4.08. The summed E-state index contributed by atoms with van der Waals surface area (Å²) in [4.78, 5) is 0. The average molecular weight is 497 g/mol. The molecule has 0 fully saturated rings. The molecule has 0 aromatic rings. The van der Waals surface area contributed by atoms with Gasteiger partial charge in [0.2, 0.25) is 0 Å². The molecule has 0 aliphatic carbocycles. The molecule has 204 valence electrons. The molecule has 0 saturated heterocycles. The Bertz CT molecular complexity index is 374. The van der Waals surface area contributed by atoms with Crippen molar-refractivity contribution in [2.75, 3.05) is 126 Å². The number of hydrogen-bond donors (Lipinski definition) is 0. The lowest BCUT2D eigenvalue weighted by Crippen LogP contribution is -2.15. The smallest absolute Gasteiger partial charge is 0.111 e. The summed E-state index contributed by atoms with van der Waals surface area (Å²) in [5.41, 5.74) is 0. The molecule has 0 saturated carbocycles. The van der Waals surface area contributed by atoms with E-state index >= 15 is 0 Å². The third kappa shape index (κ3) is 31.2. The van der Waals surface area contributed by atoms with Gasteiger partial charge in [-0.15, -0.1) is 0 Å². The molecular formula is C24H48O10. The maximum atomic E-state index is 5.45. The van der Waals surface area contributed by atoms with Crippen molar-refractivity contribution in [2.24, 2.45) is 0 Å². The van der Waals surface area contributed by atoms with E-state index in [9.17, 15) is 0 Å². The largest absolute Gasteiger partial charge is 0.499 e. The lowest BCUT2D eigenvalue weighted by molar-refractivity contribution is -0.0256. The van der Waals surface area contributed by atoms with Gasteiger partial charge in [-0.25, -0.2) is 0 Å². The van der Waals surface area contributed by atoms with Gasteiger partial charge in [-0.3, -0.25) is 0 Å². The number of ether oxygens (including phenoxy) is 10. The molecule has 0 aromatic carbocycles. The molecule has 0 N–H and O–H groups in total. The van der Waals surface area contributed by atoms with E-state index in [1.54, 1.807) is 0 Å². The van der Waals surface area contributed by atoms with Crippen molar-refractivity contribution in [3.05, 3.63) is 12.8 Å². The van der Waals surface area contributed by atoms with Gasteiger partial charge in [-0.05, 0) is 6.42 Å². The summed E-state index contributed by atoms with van der Waals surface area (Å²) < 4.78 is 53.6. The second-order valence-electron chi connectivity index (χ2n) is 6.90. The normalized spacial score (nSPS) is 11.2. The summed E-state index contributed by atoms with van der Waals surface area (Å²) in [6, 6.07) is 0. The first-order valence-electron chi connectivity index (χ1n) is 12.3. The molecule has 0 atom stereocenters. The highest BCUT2D eigenvalue weighted by Gasteiger charge is 1.95. The van der Waals surface area contributed by atoms with Crippen LogP contribution in [-0.4, -0.2) is 126 Å². The standard InChI is InChI=1S/C24H48O10/c1-3-5-6-26-9-10-28-13-14-30-17-18-32-21-22-34-24-23-33-20-19-31-16-15-29-12-11-27-8-7-25-4-2/h4H,2-3,5-24H2,1H3. The summed E-state index contributed by atoms with van der Waals surface area (Å²) in [5, 5.41) is 0.